The van der Waals surface area contributed by atoms with Crippen LogP contribution in [0, 0.1) is 6.92 Å². The van der Waals surface area contributed by atoms with E-state index in [2.05, 4.69) is 0 Å². The molecule has 0 aliphatic rings. The third kappa shape index (κ3) is 3.38. The maximum Gasteiger partial charge on any atom is 0.416 e. The first kappa shape index (κ1) is 12.8. The van der Waals surface area contributed by atoms with Crippen LogP contribution in [0.15, 0.2) is 24.3 Å². The van der Waals surface area contributed by atoms with Gasteiger partial charge in [0.25, 0.3) is 0 Å². The van der Waals surface area contributed by atoms with Crippen molar-refractivity contribution in [2.75, 3.05) is 0 Å². The minimum Gasteiger partial charge on any atom is -0.325 e. The van der Waals surface area contributed by atoms with Gasteiger partial charge in [-0.1, -0.05) is 18.2 Å². The number of hydrogen-bond donors (Lipinski definition) is 1. The maximum absolute atomic E-state index is 12.4. The predicted octanol–water partition coefficient (Wildman–Crippen LogP) is 3.37. The molecule has 0 heterocycles. The summed E-state index contributed by atoms with van der Waals surface area (Å²) in [4.78, 5) is 0. The summed E-state index contributed by atoms with van der Waals surface area (Å²) in [5.74, 6) is 0. The Kier molecular flexibility index (Phi) is 3.75. The fourth-order valence-corrected chi connectivity index (χ4v) is 1.29. The van der Waals surface area contributed by atoms with Crippen LogP contribution < -0.4 is 5.73 Å². The molecule has 0 fully saturated rings. The number of aryl methyl sites for hydroxylation is 1. The SMILES string of the molecule is Cc1cc(C(F)(F)F)ccc1/C=C/C(C)N. The van der Waals surface area contributed by atoms with Gasteiger partial charge in [0, 0.05) is 6.04 Å². The summed E-state index contributed by atoms with van der Waals surface area (Å²) in [5.41, 5.74) is 6.24. The molecule has 1 aromatic rings. The van der Waals surface area contributed by atoms with Crippen molar-refractivity contribution in [2.45, 2.75) is 26.1 Å². The van der Waals surface area contributed by atoms with Gasteiger partial charge in [0.1, 0.15) is 0 Å². The lowest BCUT2D eigenvalue weighted by atomic mass is 10.0. The monoisotopic (exact) mass is 229 g/mol. The van der Waals surface area contributed by atoms with Crippen molar-refractivity contribution >= 4 is 6.08 Å². The van der Waals surface area contributed by atoms with Crippen LogP contribution in [0.1, 0.15) is 23.6 Å². The van der Waals surface area contributed by atoms with Gasteiger partial charge in [0.2, 0.25) is 0 Å². The fraction of sp³-hybridized carbons (Fsp3) is 0.333. The molecule has 0 saturated carbocycles. The molecule has 1 rings (SSSR count). The largest absolute Gasteiger partial charge is 0.416 e. The molecule has 1 aromatic carbocycles. The van der Waals surface area contributed by atoms with Crippen LogP contribution in [-0.4, -0.2) is 6.04 Å². The minimum absolute atomic E-state index is 0.110. The number of alkyl halides is 3. The molecule has 0 saturated heterocycles. The molecular weight excluding hydrogens is 215 g/mol. The van der Waals surface area contributed by atoms with Gasteiger partial charge in [-0.15, -0.1) is 0 Å². The first-order valence-corrected chi connectivity index (χ1v) is 4.92. The lowest BCUT2D eigenvalue weighted by molar-refractivity contribution is -0.137. The van der Waals surface area contributed by atoms with Gasteiger partial charge in [0.15, 0.2) is 0 Å². The molecule has 0 aliphatic heterocycles. The molecular formula is C12H14F3N. The first-order chi connectivity index (χ1) is 7.30. The molecule has 0 amide bonds. The number of benzene rings is 1. The van der Waals surface area contributed by atoms with Crippen molar-refractivity contribution in [1.29, 1.82) is 0 Å². The Morgan fingerprint density at radius 3 is 2.38 bits per heavy atom. The van der Waals surface area contributed by atoms with Crippen LogP contribution in [0.4, 0.5) is 13.2 Å². The summed E-state index contributed by atoms with van der Waals surface area (Å²) in [6.45, 7) is 3.45. The molecule has 0 spiro atoms. The van der Waals surface area contributed by atoms with Crippen LogP contribution in [0.3, 0.4) is 0 Å². The van der Waals surface area contributed by atoms with Crippen LogP contribution in [0.5, 0.6) is 0 Å². The van der Waals surface area contributed by atoms with Crippen LogP contribution in [-0.2, 0) is 6.18 Å². The van der Waals surface area contributed by atoms with Gasteiger partial charge < -0.3 is 5.73 Å². The number of rotatable bonds is 2. The summed E-state index contributed by atoms with van der Waals surface area (Å²) < 4.78 is 37.1. The highest BCUT2D eigenvalue weighted by Gasteiger charge is 2.30. The Morgan fingerprint density at radius 2 is 1.94 bits per heavy atom. The molecule has 0 bridgehead atoms. The van der Waals surface area contributed by atoms with E-state index in [1.165, 1.54) is 6.07 Å². The molecule has 0 aliphatic carbocycles. The Morgan fingerprint density at radius 1 is 1.31 bits per heavy atom. The zero-order chi connectivity index (χ0) is 12.3. The normalized spacial score (nSPS) is 14.4. The number of nitrogens with two attached hydrogens (primary N) is 1. The highest BCUT2D eigenvalue weighted by Crippen LogP contribution is 2.30. The second kappa shape index (κ2) is 4.70. The van der Waals surface area contributed by atoms with E-state index < -0.39 is 11.7 Å². The summed E-state index contributed by atoms with van der Waals surface area (Å²) in [5, 5.41) is 0. The standard InChI is InChI=1S/C12H14F3N/c1-8-7-11(12(13,14)15)6-5-10(8)4-3-9(2)16/h3-7,9H,16H2,1-2H3/b4-3+. The van der Waals surface area contributed by atoms with Gasteiger partial charge in [-0.2, -0.15) is 13.2 Å². The van der Waals surface area contributed by atoms with E-state index in [0.29, 0.717) is 5.56 Å². The average molecular weight is 229 g/mol. The second-order valence-electron chi connectivity index (χ2n) is 3.79. The third-order valence-electron chi connectivity index (χ3n) is 2.18. The molecule has 1 atom stereocenters. The second-order valence-corrected chi connectivity index (χ2v) is 3.79. The predicted molar refractivity (Wildman–Crippen MR) is 58.9 cm³/mol. The Labute approximate surface area is 92.8 Å². The maximum atomic E-state index is 12.4. The third-order valence-corrected chi connectivity index (χ3v) is 2.18. The summed E-state index contributed by atoms with van der Waals surface area (Å²) in [6, 6.07) is 3.56. The molecule has 1 nitrogen and oxygen atoms in total. The van der Waals surface area contributed by atoms with E-state index in [1.807, 2.05) is 0 Å². The Hall–Kier alpha value is -1.29. The number of halogens is 3. The molecule has 2 N–H and O–H groups in total. The lowest BCUT2D eigenvalue weighted by Crippen LogP contribution is -2.10. The molecule has 88 valence electrons. The van der Waals surface area contributed by atoms with Crippen molar-refractivity contribution in [3.05, 3.63) is 41.0 Å². The Bertz CT molecular complexity index is 392. The smallest absolute Gasteiger partial charge is 0.325 e. The first-order valence-electron chi connectivity index (χ1n) is 4.92. The van der Waals surface area contributed by atoms with E-state index in [-0.39, 0.29) is 6.04 Å². The molecule has 1 unspecified atom stereocenters. The lowest BCUT2D eigenvalue weighted by Gasteiger charge is -2.09. The van der Waals surface area contributed by atoms with E-state index in [4.69, 9.17) is 5.73 Å². The van der Waals surface area contributed by atoms with E-state index in [0.717, 1.165) is 17.7 Å². The van der Waals surface area contributed by atoms with E-state index in [9.17, 15) is 13.2 Å². The van der Waals surface area contributed by atoms with Crippen LogP contribution >= 0.6 is 0 Å². The van der Waals surface area contributed by atoms with Crippen molar-refractivity contribution in [3.63, 3.8) is 0 Å². The van der Waals surface area contributed by atoms with Gasteiger partial charge in [-0.3, -0.25) is 0 Å². The van der Waals surface area contributed by atoms with Crippen molar-refractivity contribution < 1.29 is 13.2 Å². The summed E-state index contributed by atoms with van der Waals surface area (Å²) >= 11 is 0. The van der Waals surface area contributed by atoms with Crippen LogP contribution in [0.2, 0.25) is 0 Å². The topological polar surface area (TPSA) is 26.0 Å². The van der Waals surface area contributed by atoms with Crippen molar-refractivity contribution in [1.82, 2.24) is 0 Å². The summed E-state index contributed by atoms with van der Waals surface area (Å²) in [6.07, 6.45) is -0.802. The molecule has 16 heavy (non-hydrogen) atoms. The van der Waals surface area contributed by atoms with Gasteiger partial charge >= 0.3 is 6.18 Å². The molecule has 4 heteroatoms. The zero-order valence-electron chi connectivity index (χ0n) is 9.18. The summed E-state index contributed by atoms with van der Waals surface area (Å²) in [7, 11) is 0. The zero-order valence-corrected chi connectivity index (χ0v) is 9.18. The van der Waals surface area contributed by atoms with Gasteiger partial charge in [-0.25, -0.2) is 0 Å². The quantitative estimate of drug-likeness (QED) is 0.826. The minimum atomic E-state index is -4.28. The van der Waals surface area contributed by atoms with Gasteiger partial charge in [-0.05, 0) is 37.1 Å². The fourth-order valence-electron chi connectivity index (χ4n) is 1.29. The molecule has 0 aromatic heterocycles. The Balaban J connectivity index is 3.01. The van der Waals surface area contributed by atoms with Crippen molar-refractivity contribution in [2.24, 2.45) is 5.73 Å². The van der Waals surface area contributed by atoms with Gasteiger partial charge in [0.05, 0.1) is 5.56 Å². The van der Waals surface area contributed by atoms with E-state index in [1.54, 1.807) is 26.0 Å². The van der Waals surface area contributed by atoms with E-state index >= 15 is 0 Å². The van der Waals surface area contributed by atoms with Crippen LogP contribution in [0.25, 0.3) is 6.08 Å². The average Bonchev–Trinajstić information content (AvgIpc) is 2.14. The highest BCUT2D eigenvalue weighted by atomic mass is 19.4. The number of hydrogen-bond acceptors (Lipinski definition) is 1. The van der Waals surface area contributed by atoms with Crippen molar-refractivity contribution in [3.8, 4) is 0 Å². The highest BCUT2D eigenvalue weighted by molar-refractivity contribution is 5.55. The molecule has 0 radical (unpaired) electrons.